The Bertz CT molecular complexity index is 581. The first-order valence-electron chi connectivity index (χ1n) is 5.86. The van der Waals surface area contributed by atoms with E-state index in [9.17, 15) is 0 Å². The minimum atomic E-state index is 0.0598. The van der Waals surface area contributed by atoms with Crippen LogP contribution in [0.2, 0.25) is 0 Å². The molecule has 0 unspecified atom stereocenters. The maximum atomic E-state index is 5.85. The predicted molar refractivity (Wildman–Crippen MR) is 78.5 cm³/mol. The van der Waals surface area contributed by atoms with Gasteiger partial charge in [0.15, 0.2) is 11.5 Å². The first-order valence-corrected chi connectivity index (χ1v) is 6.65. The lowest BCUT2D eigenvalue weighted by Crippen LogP contribution is -2.07. The van der Waals surface area contributed by atoms with Crippen LogP contribution in [0.4, 0.5) is 5.82 Å². The Morgan fingerprint density at radius 2 is 2.00 bits per heavy atom. The van der Waals surface area contributed by atoms with Gasteiger partial charge in [-0.05, 0) is 26.0 Å². The van der Waals surface area contributed by atoms with E-state index in [0.29, 0.717) is 17.3 Å². The summed E-state index contributed by atoms with van der Waals surface area (Å²) in [5.41, 5.74) is 7.58. The van der Waals surface area contributed by atoms with Crippen LogP contribution in [0.5, 0.6) is 11.5 Å². The summed E-state index contributed by atoms with van der Waals surface area (Å²) < 4.78 is 11.9. The number of aromatic amines is 1. The van der Waals surface area contributed by atoms with Gasteiger partial charge in [-0.15, -0.1) is 0 Å². The summed E-state index contributed by atoms with van der Waals surface area (Å²) in [7, 11) is 1.61. The minimum Gasteiger partial charge on any atom is -0.493 e. The quantitative estimate of drug-likeness (QED) is 0.905. The third-order valence-corrected chi connectivity index (χ3v) is 3.23. The average Bonchev–Trinajstić information content (AvgIpc) is 2.76. The molecule has 0 saturated carbocycles. The molecule has 0 aliphatic carbocycles. The van der Waals surface area contributed by atoms with E-state index in [-0.39, 0.29) is 6.10 Å². The zero-order valence-corrected chi connectivity index (χ0v) is 12.6. The Kier molecular flexibility index (Phi) is 3.99. The van der Waals surface area contributed by atoms with Crippen molar-refractivity contribution >= 4 is 21.7 Å². The molecular formula is C13H16BrN3O2. The number of hydrogen-bond donors (Lipinski definition) is 2. The lowest BCUT2D eigenvalue weighted by atomic mass is 10.1. The number of nitrogens with one attached hydrogen (secondary N) is 1. The number of benzene rings is 1. The van der Waals surface area contributed by atoms with Gasteiger partial charge in [0, 0.05) is 15.6 Å². The first kappa shape index (κ1) is 13.7. The van der Waals surface area contributed by atoms with E-state index in [0.717, 1.165) is 15.6 Å². The monoisotopic (exact) mass is 325 g/mol. The molecule has 1 aromatic heterocycles. The molecule has 2 rings (SSSR count). The molecule has 0 spiro atoms. The predicted octanol–water partition coefficient (Wildman–Crippen LogP) is 3.22. The van der Waals surface area contributed by atoms with E-state index in [1.807, 2.05) is 26.0 Å². The highest BCUT2D eigenvalue weighted by Gasteiger charge is 2.15. The van der Waals surface area contributed by atoms with Gasteiger partial charge < -0.3 is 15.2 Å². The highest BCUT2D eigenvalue weighted by atomic mass is 79.9. The number of H-pyrrole nitrogens is 1. The molecule has 19 heavy (non-hydrogen) atoms. The van der Waals surface area contributed by atoms with Gasteiger partial charge >= 0.3 is 0 Å². The molecule has 0 saturated heterocycles. The molecule has 6 heteroatoms. The molecule has 1 heterocycles. The van der Waals surface area contributed by atoms with Crippen LogP contribution in [0.25, 0.3) is 11.1 Å². The van der Waals surface area contributed by atoms with Crippen molar-refractivity contribution in [1.82, 2.24) is 10.2 Å². The summed E-state index contributed by atoms with van der Waals surface area (Å²) in [5.74, 6) is 1.86. The van der Waals surface area contributed by atoms with E-state index < -0.39 is 0 Å². The zero-order chi connectivity index (χ0) is 14.0. The highest BCUT2D eigenvalue weighted by molar-refractivity contribution is 9.10. The minimum absolute atomic E-state index is 0.0598. The van der Waals surface area contributed by atoms with Crippen LogP contribution >= 0.6 is 15.9 Å². The van der Waals surface area contributed by atoms with Gasteiger partial charge in [-0.3, -0.25) is 5.10 Å². The van der Waals surface area contributed by atoms with Gasteiger partial charge in [0.1, 0.15) is 5.82 Å². The fourth-order valence-corrected chi connectivity index (χ4v) is 2.29. The number of nitrogens with zero attached hydrogens (tertiary/aromatic N) is 1. The van der Waals surface area contributed by atoms with Gasteiger partial charge in [0.05, 0.1) is 19.4 Å². The standard InChI is InChI=1S/C13H16BrN3O2/c1-7(2)19-12-4-8(9-6-16-17-13(9)15)10(14)5-11(12)18-3/h4-7H,1-3H3,(H3,15,16,17). The molecule has 0 bridgehead atoms. The molecule has 5 nitrogen and oxygen atoms in total. The molecule has 1 aromatic carbocycles. The Balaban J connectivity index is 2.53. The molecule has 102 valence electrons. The van der Waals surface area contributed by atoms with Crippen LogP contribution in [-0.2, 0) is 0 Å². The van der Waals surface area contributed by atoms with Crippen molar-refractivity contribution in [3.8, 4) is 22.6 Å². The van der Waals surface area contributed by atoms with Gasteiger partial charge in [-0.2, -0.15) is 5.10 Å². The Hall–Kier alpha value is -1.69. The van der Waals surface area contributed by atoms with Gasteiger partial charge in [0.2, 0.25) is 0 Å². The Morgan fingerprint density at radius 1 is 1.26 bits per heavy atom. The van der Waals surface area contributed by atoms with Crippen LogP contribution in [0.1, 0.15) is 13.8 Å². The largest absolute Gasteiger partial charge is 0.493 e. The summed E-state index contributed by atoms with van der Waals surface area (Å²) >= 11 is 3.51. The van der Waals surface area contributed by atoms with Crippen molar-refractivity contribution in [3.05, 3.63) is 22.8 Å². The van der Waals surface area contributed by atoms with Crippen molar-refractivity contribution in [3.63, 3.8) is 0 Å². The van der Waals surface area contributed by atoms with Crippen LogP contribution < -0.4 is 15.2 Å². The number of anilines is 1. The first-order chi connectivity index (χ1) is 9.02. The average molecular weight is 326 g/mol. The number of methoxy groups -OCH3 is 1. The number of hydrogen-bond acceptors (Lipinski definition) is 4. The summed E-state index contributed by atoms with van der Waals surface area (Å²) in [6.07, 6.45) is 1.74. The molecule has 0 aliphatic rings. The van der Waals surface area contributed by atoms with E-state index in [1.165, 1.54) is 0 Å². The van der Waals surface area contributed by atoms with E-state index in [1.54, 1.807) is 13.3 Å². The molecule has 3 N–H and O–H groups in total. The number of halogens is 1. The normalized spacial score (nSPS) is 10.8. The molecule has 2 aromatic rings. The summed E-state index contributed by atoms with van der Waals surface area (Å²) in [6, 6.07) is 3.75. The summed E-state index contributed by atoms with van der Waals surface area (Å²) in [6.45, 7) is 3.93. The van der Waals surface area contributed by atoms with Crippen molar-refractivity contribution in [2.45, 2.75) is 20.0 Å². The fourth-order valence-electron chi connectivity index (χ4n) is 1.76. The maximum absolute atomic E-state index is 5.85. The van der Waals surface area contributed by atoms with Gasteiger partial charge in [-0.1, -0.05) is 15.9 Å². The third-order valence-electron chi connectivity index (χ3n) is 2.57. The number of nitrogen functional groups attached to an aromatic ring is 1. The summed E-state index contributed by atoms with van der Waals surface area (Å²) in [5, 5.41) is 6.65. The van der Waals surface area contributed by atoms with Crippen molar-refractivity contribution in [1.29, 1.82) is 0 Å². The van der Waals surface area contributed by atoms with Crippen LogP contribution in [0.15, 0.2) is 22.8 Å². The number of ether oxygens (including phenoxy) is 2. The lowest BCUT2D eigenvalue weighted by Gasteiger charge is -2.15. The second-order valence-corrected chi connectivity index (χ2v) is 5.20. The molecule has 0 fully saturated rings. The van der Waals surface area contributed by atoms with Crippen LogP contribution in [0, 0.1) is 0 Å². The van der Waals surface area contributed by atoms with Crippen molar-refractivity contribution < 1.29 is 9.47 Å². The topological polar surface area (TPSA) is 73.2 Å². The SMILES string of the molecule is COc1cc(Br)c(-c2cn[nH]c2N)cc1OC(C)C. The lowest BCUT2D eigenvalue weighted by molar-refractivity contribution is 0.230. The third kappa shape index (κ3) is 2.84. The second-order valence-electron chi connectivity index (χ2n) is 4.35. The molecule has 0 radical (unpaired) electrons. The van der Waals surface area contributed by atoms with Crippen molar-refractivity contribution in [2.24, 2.45) is 0 Å². The Morgan fingerprint density at radius 3 is 2.53 bits per heavy atom. The van der Waals surface area contributed by atoms with E-state index >= 15 is 0 Å². The number of nitrogens with two attached hydrogens (primary N) is 1. The smallest absolute Gasteiger partial charge is 0.162 e. The highest BCUT2D eigenvalue weighted by Crippen LogP contribution is 2.40. The van der Waals surface area contributed by atoms with Crippen LogP contribution in [-0.4, -0.2) is 23.4 Å². The number of aromatic nitrogens is 2. The maximum Gasteiger partial charge on any atom is 0.162 e. The molecular weight excluding hydrogens is 310 g/mol. The zero-order valence-electron chi connectivity index (χ0n) is 11.0. The second kappa shape index (κ2) is 5.52. The Labute approximate surface area is 120 Å². The molecule has 0 amide bonds. The fraction of sp³-hybridized carbons (Fsp3) is 0.308. The van der Waals surface area contributed by atoms with E-state index in [4.69, 9.17) is 15.2 Å². The van der Waals surface area contributed by atoms with Gasteiger partial charge in [0.25, 0.3) is 0 Å². The summed E-state index contributed by atoms with van der Waals surface area (Å²) in [4.78, 5) is 0. The van der Waals surface area contributed by atoms with E-state index in [2.05, 4.69) is 26.1 Å². The molecule has 0 atom stereocenters. The van der Waals surface area contributed by atoms with Gasteiger partial charge in [-0.25, -0.2) is 0 Å². The van der Waals surface area contributed by atoms with Crippen LogP contribution in [0.3, 0.4) is 0 Å². The number of rotatable bonds is 4. The van der Waals surface area contributed by atoms with Crippen molar-refractivity contribution in [2.75, 3.05) is 12.8 Å². The molecule has 0 aliphatic heterocycles.